The summed E-state index contributed by atoms with van der Waals surface area (Å²) in [6.07, 6.45) is 2.50. The fraction of sp³-hybridized carbons (Fsp3) is 0.500. The molecule has 3 amide bonds. The monoisotopic (exact) mass is 530 g/mol. The molecular formula is C20H31IN6O3. The Morgan fingerprint density at radius 3 is 2.50 bits per heavy atom. The lowest BCUT2D eigenvalue weighted by Gasteiger charge is -2.16. The molecule has 0 unspecified atom stereocenters. The van der Waals surface area contributed by atoms with E-state index in [4.69, 9.17) is 5.73 Å². The van der Waals surface area contributed by atoms with Gasteiger partial charge in [0.15, 0.2) is 5.96 Å². The fourth-order valence-electron chi connectivity index (χ4n) is 2.96. The third-order valence-electron chi connectivity index (χ3n) is 4.47. The molecule has 1 aliphatic heterocycles. The Morgan fingerprint density at radius 1 is 1.17 bits per heavy atom. The molecule has 5 N–H and O–H groups in total. The van der Waals surface area contributed by atoms with Crippen molar-refractivity contribution in [1.29, 1.82) is 0 Å². The van der Waals surface area contributed by atoms with E-state index in [-0.39, 0.29) is 42.3 Å². The summed E-state index contributed by atoms with van der Waals surface area (Å²) in [4.78, 5) is 40.7. The van der Waals surface area contributed by atoms with Crippen molar-refractivity contribution < 1.29 is 14.4 Å². The van der Waals surface area contributed by atoms with Crippen LogP contribution in [0.25, 0.3) is 0 Å². The first-order valence-electron chi connectivity index (χ1n) is 9.95. The molecule has 1 aromatic rings. The van der Waals surface area contributed by atoms with Gasteiger partial charge in [0.2, 0.25) is 11.8 Å². The molecule has 0 aromatic heterocycles. The molecule has 0 aliphatic carbocycles. The van der Waals surface area contributed by atoms with E-state index in [1.54, 1.807) is 12.1 Å². The molecule has 10 heteroatoms. The van der Waals surface area contributed by atoms with Crippen molar-refractivity contribution in [2.45, 2.75) is 32.7 Å². The predicted octanol–water partition coefficient (Wildman–Crippen LogP) is 0.587. The second-order valence-corrected chi connectivity index (χ2v) is 6.81. The quantitative estimate of drug-likeness (QED) is 0.152. The number of benzene rings is 1. The number of halogens is 1. The summed E-state index contributed by atoms with van der Waals surface area (Å²) in [5, 5.41) is 8.93. The summed E-state index contributed by atoms with van der Waals surface area (Å²) in [6.45, 7) is 5.38. The molecular weight excluding hydrogens is 499 g/mol. The van der Waals surface area contributed by atoms with Gasteiger partial charge in [0.25, 0.3) is 5.91 Å². The summed E-state index contributed by atoms with van der Waals surface area (Å²) in [5.74, 6) is 0.0333. The number of hydrogen-bond donors (Lipinski definition) is 4. The third kappa shape index (κ3) is 8.97. The van der Waals surface area contributed by atoms with E-state index in [0.29, 0.717) is 24.5 Å². The van der Waals surface area contributed by atoms with E-state index in [0.717, 1.165) is 44.6 Å². The number of carbonyl (C=O) groups excluding carboxylic acids is 3. The van der Waals surface area contributed by atoms with E-state index in [2.05, 4.69) is 20.9 Å². The Morgan fingerprint density at radius 2 is 1.90 bits per heavy atom. The molecule has 1 aliphatic rings. The summed E-state index contributed by atoms with van der Waals surface area (Å²) in [7, 11) is 0. The molecule has 1 saturated heterocycles. The molecule has 0 saturated carbocycles. The Labute approximate surface area is 194 Å². The topological polar surface area (TPSA) is 129 Å². The van der Waals surface area contributed by atoms with Crippen LogP contribution in [0.4, 0.5) is 0 Å². The van der Waals surface area contributed by atoms with E-state index in [1.165, 1.54) is 0 Å². The summed E-state index contributed by atoms with van der Waals surface area (Å²) in [6, 6.07) is 7.03. The molecule has 0 bridgehead atoms. The van der Waals surface area contributed by atoms with Crippen molar-refractivity contribution in [2.24, 2.45) is 10.7 Å². The van der Waals surface area contributed by atoms with Gasteiger partial charge < -0.3 is 26.6 Å². The molecule has 0 spiro atoms. The number of amides is 3. The molecule has 0 atom stereocenters. The minimum atomic E-state index is -0.584. The number of nitrogens with zero attached hydrogens (tertiary/aromatic N) is 2. The smallest absolute Gasteiger partial charge is 0.251 e. The molecule has 1 fully saturated rings. The molecule has 9 nitrogen and oxygen atoms in total. The fourth-order valence-corrected chi connectivity index (χ4v) is 2.96. The number of primary amides is 1. The highest BCUT2D eigenvalue weighted by atomic mass is 127. The number of aliphatic imine (C=N–C) groups is 1. The molecule has 2 rings (SSSR count). The first kappa shape index (κ1) is 25.7. The van der Waals surface area contributed by atoms with Crippen molar-refractivity contribution in [3.63, 3.8) is 0 Å². The van der Waals surface area contributed by atoms with Gasteiger partial charge in [-0.25, -0.2) is 4.99 Å². The minimum absolute atomic E-state index is 0. The number of guanidine groups is 1. The maximum absolute atomic E-state index is 11.9. The maximum atomic E-state index is 11.9. The molecule has 0 radical (unpaired) electrons. The Kier molecular flexibility index (Phi) is 11.8. The van der Waals surface area contributed by atoms with Crippen LogP contribution in [0, 0.1) is 0 Å². The van der Waals surface area contributed by atoms with Crippen LogP contribution < -0.4 is 21.7 Å². The number of rotatable bonds is 10. The standard InChI is InChI=1S/C20H30N6O3.HI/c1-2-22-20(23-10-4-12-26-11-3-5-18(26)28)25-13-15-6-8-16(9-7-15)19(29)24-14-17(21)27;/h6-9H,2-5,10-14H2,1H3,(H2,21,27)(H,24,29)(H2,22,23,25);1H. The van der Waals surface area contributed by atoms with E-state index in [1.807, 2.05) is 24.0 Å². The van der Waals surface area contributed by atoms with Crippen molar-refractivity contribution in [2.75, 3.05) is 32.7 Å². The van der Waals surface area contributed by atoms with Gasteiger partial charge in [-0.15, -0.1) is 24.0 Å². The van der Waals surface area contributed by atoms with Crippen molar-refractivity contribution in [3.05, 3.63) is 35.4 Å². The number of nitrogens with two attached hydrogens (primary N) is 1. The number of hydrogen-bond acceptors (Lipinski definition) is 4. The minimum Gasteiger partial charge on any atom is -0.368 e. The Hall–Kier alpha value is -2.37. The predicted molar refractivity (Wildman–Crippen MR) is 127 cm³/mol. The van der Waals surface area contributed by atoms with Gasteiger partial charge in [-0.3, -0.25) is 14.4 Å². The highest BCUT2D eigenvalue weighted by molar-refractivity contribution is 14.0. The highest BCUT2D eigenvalue weighted by Gasteiger charge is 2.18. The normalized spacial score (nSPS) is 13.6. The second-order valence-electron chi connectivity index (χ2n) is 6.81. The Bertz CT molecular complexity index is 739. The van der Waals surface area contributed by atoms with Crippen LogP contribution in [0.2, 0.25) is 0 Å². The second kappa shape index (κ2) is 13.8. The van der Waals surface area contributed by atoms with Crippen LogP contribution in [0.1, 0.15) is 42.1 Å². The van der Waals surface area contributed by atoms with Gasteiger partial charge >= 0.3 is 0 Å². The van der Waals surface area contributed by atoms with Crippen LogP contribution in [0.15, 0.2) is 29.3 Å². The van der Waals surface area contributed by atoms with Gasteiger partial charge in [-0.2, -0.15) is 0 Å². The number of nitrogens with one attached hydrogen (secondary N) is 3. The van der Waals surface area contributed by atoms with E-state index >= 15 is 0 Å². The first-order valence-corrected chi connectivity index (χ1v) is 9.95. The number of likely N-dealkylation sites (tertiary alicyclic amines) is 1. The third-order valence-corrected chi connectivity index (χ3v) is 4.47. The molecule has 30 heavy (non-hydrogen) atoms. The average Bonchev–Trinajstić information content (AvgIpc) is 3.12. The van der Waals surface area contributed by atoms with Gasteiger partial charge in [-0.05, 0) is 37.5 Å². The first-order chi connectivity index (χ1) is 14.0. The zero-order valence-electron chi connectivity index (χ0n) is 17.3. The zero-order chi connectivity index (χ0) is 21.1. The summed E-state index contributed by atoms with van der Waals surface area (Å²) in [5.41, 5.74) is 6.43. The largest absolute Gasteiger partial charge is 0.368 e. The summed E-state index contributed by atoms with van der Waals surface area (Å²) < 4.78 is 0. The SMILES string of the molecule is CCNC(=NCc1ccc(C(=O)NCC(N)=O)cc1)NCCCN1CCCC1=O.I. The molecule has 166 valence electrons. The lowest BCUT2D eigenvalue weighted by molar-refractivity contribution is -0.127. The average molecular weight is 530 g/mol. The van der Waals surface area contributed by atoms with Crippen molar-refractivity contribution in [1.82, 2.24) is 20.9 Å². The van der Waals surface area contributed by atoms with Gasteiger partial charge in [0, 0.05) is 38.2 Å². The Balaban J connectivity index is 0.00000450. The molecule has 1 heterocycles. The number of carbonyl (C=O) groups is 3. The van der Waals surface area contributed by atoms with Crippen LogP contribution in [0.5, 0.6) is 0 Å². The zero-order valence-corrected chi connectivity index (χ0v) is 19.6. The van der Waals surface area contributed by atoms with Gasteiger partial charge in [0.05, 0.1) is 13.1 Å². The van der Waals surface area contributed by atoms with Crippen LogP contribution in [-0.4, -0.2) is 61.3 Å². The lowest BCUT2D eigenvalue weighted by Crippen LogP contribution is -2.39. The van der Waals surface area contributed by atoms with Crippen LogP contribution in [-0.2, 0) is 16.1 Å². The van der Waals surface area contributed by atoms with E-state index < -0.39 is 5.91 Å². The van der Waals surface area contributed by atoms with E-state index in [9.17, 15) is 14.4 Å². The highest BCUT2D eigenvalue weighted by Crippen LogP contribution is 2.09. The van der Waals surface area contributed by atoms with Crippen LogP contribution >= 0.6 is 24.0 Å². The lowest BCUT2D eigenvalue weighted by atomic mass is 10.1. The maximum Gasteiger partial charge on any atom is 0.251 e. The van der Waals surface area contributed by atoms with Crippen molar-refractivity contribution in [3.8, 4) is 0 Å². The van der Waals surface area contributed by atoms with Crippen LogP contribution in [0.3, 0.4) is 0 Å². The summed E-state index contributed by atoms with van der Waals surface area (Å²) >= 11 is 0. The molecule has 1 aromatic carbocycles. The van der Waals surface area contributed by atoms with Gasteiger partial charge in [0.1, 0.15) is 0 Å². The van der Waals surface area contributed by atoms with Crippen molar-refractivity contribution >= 4 is 47.7 Å². The van der Waals surface area contributed by atoms with Gasteiger partial charge in [-0.1, -0.05) is 12.1 Å².